The van der Waals surface area contributed by atoms with E-state index >= 15 is 0 Å². The molecule has 2 aromatic heterocycles. The second kappa shape index (κ2) is 8.72. The maximum atomic E-state index is 13.2. The fourth-order valence-electron chi connectivity index (χ4n) is 4.60. The van der Waals surface area contributed by atoms with Crippen LogP contribution in [0.4, 0.5) is 0 Å². The van der Waals surface area contributed by atoms with Crippen LogP contribution in [0.5, 0.6) is 0 Å². The lowest BCUT2D eigenvalue weighted by Crippen LogP contribution is -2.33. The number of aliphatic hydroxyl groups is 1. The van der Waals surface area contributed by atoms with Crippen molar-refractivity contribution in [2.45, 2.75) is 45.4 Å². The number of fused-ring (bicyclic) bond motifs is 2. The lowest BCUT2D eigenvalue weighted by atomic mass is 10.0. The van der Waals surface area contributed by atoms with E-state index in [4.69, 9.17) is 0 Å². The number of carbonyl (C=O) groups is 1. The van der Waals surface area contributed by atoms with Gasteiger partial charge in [-0.2, -0.15) is 5.10 Å². The van der Waals surface area contributed by atoms with Crippen molar-refractivity contribution in [3.8, 4) is 0 Å². The first-order valence-electron chi connectivity index (χ1n) is 11.1. The third-order valence-corrected chi connectivity index (χ3v) is 6.28. The maximum Gasteiger partial charge on any atom is 0.272 e. The minimum atomic E-state index is -0.180. The van der Waals surface area contributed by atoms with Crippen LogP contribution < -0.4 is 5.32 Å². The number of nitrogens with one attached hydrogen (secondary N) is 1. The van der Waals surface area contributed by atoms with Gasteiger partial charge in [-0.1, -0.05) is 36.4 Å². The first-order chi connectivity index (χ1) is 15.6. The monoisotopic (exact) mass is 432 g/mol. The third-order valence-electron chi connectivity index (χ3n) is 6.28. The Hall–Kier alpha value is -3.23. The Balaban J connectivity index is 1.37. The Kier molecular flexibility index (Phi) is 5.63. The Labute approximate surface area is 187 Å². The van der Waals surface area contributed by atoms with E-state index in [0.29, 0.717) is 18.8 Å². The Morgan fingerprint density at radius 3 is 2.94 bits per heavy atom. The molecule has 0 bridgehead atoms. The summed E-state index contributed by atoms with van der Waals surface area (Å²) < 4.78 is 3.95. The molecule has 0 radical (unpaired) electrons. The van der Waals surface area contributed by atoms with Crippen LogP contribution in [0.1, 0.15) is 51.8 Å². The number of nitrogens with zero attached hydrogens (tertiary/aromatic N) is 5. The van der Waals surface area contributed by atoms with Gasteiger partial charge in [0.2, 0.25) is 0 Å². The van der Waals surface area contributed by atoms with Gasteiger partial charge in [0.15, 0.2) is 5.69 Å². The van der Waals surface area contributed by atoms with Crippen LogP contribution >= 0.6 is 0 Å². The molecule has 2 aliphatic rings. The summed E-state index contributed by atoms with van der Waals surface area (Å²) in [5, 5.41) is 17.2. The number of aliphatic hydroxyl groups excluding tert-OH is 1. The van der Waals surface area contributed by atoms with E-state index in [1.54, 1.807) is 4.68 Å². The quantitative estimate of drug-likeness (QED) is 0.597. The summed E-state index contributed by atoms with van der Waals surface area (Å²) in [6.45, 7) is 4.57. The van der Waals surface area contributed by atoms with Crippen molar-refractivity contribution in [2.24, 2.45) is 0 Å². The number of allylic oxidation sites excluding steroid dienone is 1. The summed E-state index contributed by atoms with van der Waals surface area (Å²) in [6.07, 6.45) is 7.87. The molecule has 166 valence electrons. The molecular formula is C24H28N6O2. The van der Waals surface area contributed by atoms with Gasteiger partial charge in [0.25, 0.3) is 5.91 Å². The van der Waals surface area contributed by atoms with Gasteiger partial charge in [-0.05, 0) is 12.5 Å². The van der Waals surface area contributed by atoms with Gasteiger partial charge in [0.1, 0.15) is 5.82 Å². The fourth-order valence-corrected chi connectivity index (χ4v) is 4.60. The SMILES string of the molecule is CC(NC(=O)c1nn(CCO)c2c1CN(Cc1ncc3n1C=CC3)CC2)c1ccccc1. The van der Waals surface area contributed by atoms with Crippen molar-refractivity contribution < 1.29 is 9.90 Å². The van der Waals surface area contributed by atoms with E-state index in [1.807, 2.05) is 43.5 Å². The fraction of sp³-hybridized carbons (Fsp3) is 0.375. The lowest BCUT2D eigenvalue weighted by Gasteiger charge is -2.27. The summed E-state index contributed by atoms with van der Waals surface area (Å²) in [5.74, 6) is 0.837. The molecule has 3 aromatic rings. The van der Waals surface area contributed by atoms with Gasteiger partial charge in [0.05, 0.1) is 25.7 Å². The number of hydrogen-bond acceptors (Lipinski definition) is 5. The second-order valence-electron chi connectivity index (χ2n) is 8.41. The molecule has 5 rings (SSSR count). The molecule has 0 spiro atoms. The van der Waals surface area contributed by atoms with Crippen molar-refractivity contribution >= 4 is 12.1 Å². The highest BCUT2D eigenvalue weighted by atomic mass is 16.3. The van der Waals surface area contributed by atoms with Gasteiger partial charge in [-0.15, -0.1) is 0 Å². The van der Waals surface area contributed by atoms with Gasteiger partial charge < -0.3 is 15.0 Å². The van der Waals surface area contributed by atoms with Crippen molar-refractivity contribution in [1.82, 2.24) is 29.5 Å². The number of imidazole rings is 1. The molecule has 0 saturated carbocycles. The average Bonchev–Trinajstić information content (AvgIpc) is 3.51. The van der Waals surface area contributed by atoms with E-state index in [9.17, 15) is 9.90 Å². The highest BCUT2D eigenvalue weighted by Gasteiger charge is 2.29. The number of amides is 1. The molecule has 0 fully saturated rings. The molecule has 8 nitrogen and oxygen atoms in total. The van der Waals surface area contributed by atoms with Crippen LogP contribution in [0.25, 0.3) is 6.20 Å². The van der Waals surface area contributed by atoms with Gasteiger partial charge in [-0.25, -0.2) is 4.98 Å². The second-order valence-corrected chi connectivity index (χ2v) is 8.41. The van der Waals surface area contributed by atoms with Crippen LogP contribution in [0.3, 0.4) is 0 Å². The minimum absolute atomic E-state index is 0.00808. The molecule has 1 amide bonds. The van der Waals surface area contributed by atoms with Crippen molar-refractivity contribution in [1.29, 1.82) is 0 Å². The number of hydrogen-bond donors (Lipinski definition) is 2. The smallest absolute Gasteiger partial charge is 0.272 e. The summed E-state index contributed by atoms with van der Waals surface area (Å²) in [4.78, 5) is 20.1. The largest absolute Gasteiger partial charge is 0.394 e. The highest BCUT2D eigenvalue weighted by Crippen LogP contribution is 2.25. The summed E-state index contributed by atoms with van der Waals surface area (Å²) in [5.41, 5.74) is 4.71. The van der Waals surface area contributed by atoms with Crippen molar-refractivity contribution in [3.63, 3.8) is 0 Å². The molecule has 2 aliphatic heterocycles. The first kappa shape index (κ1) is 20.7. The zero-order valence-corrected chi connectivity index (χ0v) is 18.2. The zero-order valence-electron chi connectivity index (χ0n) is 18.2. The summed E-state index contributed by atoms with van der Waals surface area (Å²) in [7, 11) is 0. The van der Waals surface area contributed by atoms with Crippen molar-refractivity contribution in [2.75, 3.05) is 13.2 Å². The topological polar surface area (TPSA) is 88.2 Å². The van der Waals surface area contributed by atoms with Crippen LogP contribution in [-0.2, 0) is 32.5 Å². The molecule has 1 atom stereocenters. The normalized spacial score (nSPS) is 16.1. The van der Waals surface area contributed by atoms with Crippen LogP contribution in [0, 0.1) is 0 Å². The highest BCUT2D eigenvalue weighted by molar-refractivity contribution is 5.94. The predicted molar refractivity (Wildman–Crippen MR) is 121 cm³/mol. The Morgan fingerprint density at radius 1 is 1.28 bits per heavy atom. The van der Waals surface area contributed by atoms with E-state index in [2.05, 4.69) is 37.1 Å². The van der Waals surface area contributed by atoms with Gasteiger partial charge in [0, 0.05) is 55.3 Å². The van der Waals surface area contributed by atoms with Crippen LogP contribution in [0.15, 0.2) is 42.6 Å². The van der Waals surface area contributed by atoms with E-state index in [1.165, 1.54) is 5.69 Å². The number of benzene rings is 1. The van der Waals surface area contributed by atoms with Gasteiger partial charge >= 0.3 is 0 Å². The number of rotatable bonds is 7. The summed E-state index contributed by atoms with van der Waals surface area (Å²) in [6, 6.07) is 9.78. The van der Waals surface area contributed by atoms with E-state index in [-0.39, 0.29) is 18.6 Å². The van der Waals surface area contributed by atoms with Crippen LogP contribution in [-0.4, -0.2) is 48.4 Å². The number of carbonyl (C=O) groups excluding carboxylic acids is 1. The molecule has 2 N–H and O–H groups in total. The standard InChI is InChI=1S/C24H28N6O2/c1-17(18-6-3-2-4-7-18)26-24(32)23-20-15-28(11-9-21(20)30(27-23)12-13-31)16-22-25-14-19-8-5-10-29(19)22/h2-7,10,14,17,31H,8-9,11-13,15-16H2,1H3,(H,26,32). The molecule has 0 saturated heterocycles. The first-order valence-corrected chi connectivity index (χ1v) is 11.1. The van der Waals surface area contributed by atoms with Crippen molar-refractivity contribution in [3.05, 3.63) is 76.6 Å². The van der Waals surface area contributed by atoms with Gasteiger partial charge in [-0.3, -0.25) is 14.4 Å². The van der Waals surface area contributed by atoms with E-state index in [0.717, 1.165) is 48.6 Å². The zero-order chi connectivity index (χ0) is 22.1. The third kappa shape index (κ3) is 3.87. The maximum absolute atomic E-state index is 13.2. The molecular weight excluding hydrogens is 404 g/mol. The minimum Gasteiger partial charge on any atom is -0.394 e. The molecule has 4 heterocycles. The molecule has 1 unspecified atom stereocenters. The van der Waals surface area contributed by atoms with E-state index < -0.39 is 0 Å². The molecule has 8 heteroatoms. The predicted octanol–water partition coefficient (Wildman–Crippen LogP) is 2.15. The van der Waals surface area contributed by atoms with Crippen LogP contribution in [0.2, 0.25) is 0 Å². The Bertz CT molecular complexity index is 1150. The summed E-state index contributed by atoms with van der Waals surface area (Å²) >= 11 is 0. The Morgan fingerprint density at radius 2 is 2.12 bits per heavy atom. The average molecular weight is 433 g/mol. The molecule has 1 aromatic carbocycles. The lowest BCUT2D eigenvalue weighted by molar-refractivity contribution is 0.0931. The molecule has 0 aliphatic carbocycles. The molecule has 32 heavy (non-hydrogen) atoms. The number of aromatic nitrogens is 4.